The maximum atomic E-state index is 14.2. The summed E-state index contributed by atoms with van der Waals surface area (Å²) in [5, 5.41) is 3.43. The van der Waals surface area contributed by atoms with Crippen molar-refractivity contribution in [1.82, 2.24) is 10.2 Å². The summed E-state index contributed by atoms with van der Waals surface area (Å²) in [4.78, 5) is 29.4. The Kier molecular flexibility index (Phi) is 11.0. The van der Waals surface area contributed by atoms with Gasteiger partial charge in [-0.15, -0.1) is 0 Å². The maximum absolute atomic E-state index is 14.2. The Hall–Kier alpha value is -3.57. The fourth-order valence-electron chi connectivity index (χ4n) is 5.36. The first-order valence-electron chi connectivity index (χ1n) is 14.3. The van der Waals surface area contributed by atoms with E-state index in [2.05, 4.69) is 5.32 Å². The Balaban J connectivity index is 1.75. The second-order valence-corrected chi connectivity index (χ2v) is 13.3. The Morgan fingerprint density at radius 1 is 0.955 bits per heavy atom. The van der Waals surface area contributed by atoms with Gasteiger partial charge in [0.1, 0.15) is 12.6 Å². The van der Waals surface area contributed by atoms with Crippen LogP contribution < -0.4 is 9.62 Å². The van der Waals surface area contributed by atoms with E-state index in [1.54, 1.807) is 24.3 Å². The molecule has 1 aliphatic carbocycles. The van der Waals surface area contributed by atoms with Crippen molar-refractivity contribution in [3.8, 4) is 0 Å². The predicted molar refractivity (Wildman–Crippen MR) is 165 cm³/mol. The average molecular weight is 650 g/mol. The Bertz CT molecular complexity index is 1550. The number of nitrogens with one attached hydrogen (secondary N) is 1. The van der Waals surface area contributed by atoms with E-state index >= 15 is 0 Å². The molecule has 0 heterocycles. The van der Waals surface area contributed by atoms with E-state index in [0.29, 0.717) is 21.0 Å². The molecule has 0 unspecified atom stereocenters. The van der Waals surface area contributed by atoms with Crippen LogP contribution in [0.2, 0.25) is 5.02 Å². The number of hydrogen-bond acceptors (Lipinski definition) is 4. The van der Waals surface area contributed by atoms with Gasteiger partial charge in [-0.25, -0.2) is 8.42 Å². The van der Waals surface area contributed by atoms with E-state index in [1.807, 2.05) is 30.3 Å². The zero-order chi connectivity index (χ0) is 31.9. The van der Waals surface area contributed by atoms with Crippen LogP contribution in [0.3, 0.4) is 0 Å². The van der Waals surface area contributed by atoms with Gasteiger partial charge >= 0.3 is 6.18 Å². The topological polar surface area (TPSA) is 86.8 Å². The molecule has 0 spiro atoms. The number of benzene rings is 3. The number of halogens is 4. The fourth-order valence-corrected chi connectivity index (χ4v) is 6.40. The molecule has 7 nitrogen and oxygen atoms in total. The molecule has 12 heteroatoms. The van der Waals surface area contributed by atoms with Gasteiger partial charge in [0, 0.05) is 24.0 Å². The maximum Gasteiger partial charge on any atom is 0.416 e. The Morgan fingerprint density at radius 2 is 1.61 bits per heavy atom. The number of alkyl halides is 3. The van der Waals surface area contributed by atoms with Crippen LogP contribution in [-0.4, -0.2) is 50.0 Å². The third kappa shape index (κ3) is 8.98. The molecule has 2 amide bonds. The van der Waals surface area contributed by atoms with Gasteiger partial charge in [-0.3, -0.25) is 13.9 Å². The molecule has 236 valence electrons. The van der Waals surface area contributed by atoms with Crippen LogP contribution in [0, 0.1) is 0 Å². The summed E-state index contributed by atoms with van der Waals surface area (Å²) in [7, 11) is -4.23. The minimum absolute atomic E-state index is 0.0654. The summed E-state index contributed by atoms with van der Waals surface area (Å²) in [6.07, 6.45) is 0.840. The van der Waals surface area contributed by atoms with Crippen LogP contribution in [0.25, 0.3) is 0 Å². The lowest BCUT2D eigenvalue weighted by molar-refractivity contribution is -0.140. The number of amides is 2. The number of carbonyl (C=O) groups excluding carboxylic acids is 2. The van der Waals surface area contributed by atoms with Crippen LogP contribution in [-0.2, 0) is 38.8 Å². The summed E-state index contributed by atoms with van der Waals surface area (Å²) >= 11 is 6.46. The van der Waals surface area contributed by atoms with Crippen molar-refractivity contribution in [3.05, 3.63) is 101 Å². The second-order valence-electron chi connectivity index (χ2n) is 11.0. The molecule has 1 N–H and O–H groups in total. The molecule has 0 saturated heterocycles. The molecule has 1 fully saturated rings. The van der Waals surface area contributed by atoms with E-state index in [4.69, 9.17) is 11.6 Å². The van der Waals surface area contributed by atoms with Crippen molar-refractivity contribution >= 4 is 39.1 Å². The van der Waals surface area contributed by atoms with Crippen LogP contribution in [0.15, 0.2) is 78.9 Å². The third-order valence-electron chi connectivity index (χ3n) is 7.66. The number of anilines is 1. The van der Waals surface area contributed by atoms with Crippen molar-refractivity contribution < 1.29 is 31.2 Å². The number of hydrogen-bond donors (Lipinski definition) is 1. The number of carbonyl (C=O) groups is 2. The lowest BCUT2D eigenvalue weighted by Gasteiger charge is -2.35. The number of rotatable bonds is 11. The van der Waals surface area contributed by atoms with Gasteiger partial charge in [0.15, 0.2) is 0 Å². The SMILES string of the molecule is CS(=O)(=O)N(CC(=O)N(Cc1ccccc1Cl)[C@H](Cc1ccccc1)C(=O)NC1CCCCC1)c1cccc(C(F)(F)F)c1. The highest BCUT2D eigenvalue weighted by Crippen LogP contribution is 2.32. The van der Waals surface area contributed by atoms with Gasteiger partial charge in [-0.2, -0.15) is 13.2 Å². The van der Waals surface area contributed by atoms with Gasteiger partial charge < -0.3 is 10.2 Å². The molecule has 0 bridgehead atoms. The van der Waals surface area contributed by atoms with Crippen LogP contribution in [0.5, 0.6) is 0 Å². The van der Waals surface area contributed by atoms with Crippen molar-refractivity contribution in [3.63, 3.8) is 0 Å². The monoisotopic (exact) mass is 649 g/mol. The van der Waals surface area contributed by atoms with Crippen molar-refractivity contribution in [2.24, 2.45) is 0 Å². The normalized spacial score (nSPS) is 14.9. The summed E-state index contributed by atoms with van der Waals surface area (Å²) in [5.74, 6) is -1.17. The molecular formula is C32H35ClF3N3O4S. The molecule has 3 aromatic carbocycles. The zero-order valence-corrected chi connectivity index (χ0v) is 25.8. The molecule has 0 aliphatic heterocycles. The van der Waals surface area contributed by atoms with Crippen LogP contribution in [0.4, 0.5) is 18.9 Å². The van der Waals surface area contributed by atoms with Gasteiger partial charge in [-0.1, -0.05) is 85.5 Å². The van der Waals surface area contributed by atoms with Gasteiger partial charge in [0.25, 0.3) is 0 Å². The van der Waals surface area contributed by atoms with Gasteiger partial charge in [0.05, 0.1) is 17.5 Å². The molecule has 0 aromatic heterocycles. The smallest absolute Gasteiger partial charge is 0.352 e. The average Bonchev–Trinajstić information content (AvgIpc) is 2.98. The van der Waals surface area contributed by atoms with Crippen molar-refractivity contribution in [2.75, 3.05) is 17.1 Å². The minimum atomic E-state index is -4.72. The molecule has 1 saturated carbocycles. The molecule has 1 aliphatic rings. The second kappa shape index (κ2) is 14.5. The molecule has 3 aromatic rings. The highest BCUT2D eigenvalue weighted by atomic mass is 35.5. The highest BCUT2D eigenvalue weighted by molar-refractivity contribution is 7.92. The molecule has 0 radical (unpaired) electrons. The standard InChI is InChI=1S/C32H35ClF3N3O4S/c1-44(42,43)39(27-17-10-14-25(20-27)32(34,35)36)22-30(40)38(21-24-13-8-9-18-28(24)33)29(19-23-11-4-2-5-12-23)31(41)37-26-15-6-3-7-16-26/h2,4-5,8-14,17-18,20,26,29H,3,6-7,15-16,19,21-22H2,1H3,(H,37,41)/t29-/m1/s1. The Labute approximate surface area is 261 Å². The summed E-state index contributed by atoms with van der Waals surface area (Å²) in [5.41, 5.74) is -0.0837. The van der Waals surface area contributed by atoms with Crippen molar-refractivity contribution in [2.45, 2.75) is 63.3 Å². The number of sulfonamides is 1. The summed E-state index contributed by atoms with van der Waals surface area (Å²) in [6.45, 7) is -0.957. The van der Waals surface area contributed by atoms with Crippen molar-refractivity contribution in [1.29, 1.82) is 0 Å². The van der Waals surface area contributed by atoms with Gasteiger partial charge in [-0.05, 0) is 48.2 Å². The molecule has 4 rings (SSSR count). The summed E-state index contributed by atoms with van der Waals surface area (Å²) in [6, 6.07) is 18.5. The van der Waals surface area contributed by atoms with Crippen LogP contribution in [0.1, 0.15) is 48.8 Å². The predicted octanol–water partition coefficient (Wildman–Crippen LogP) is 6.21. The van der Waals surface area contributed by atoms with Gasteiger partial charge in [0.2, 0.25) is 21.8 Å². The molecule has 44 heavy (non-hydrogen) atoms. The first-order valence-corrected chi connectivity index (χ1v) is 16.6. The first-order chi connectivity index (χ1) is 20.8. The zero-order valence-electron chi connectivity index (χ0n) is 24.3. The third-order valence-corrected chi connectivity index (χ3v) is 9.17. The molecule has 1 atom stereocenters. The first kappa shape index (κ1) is 33.3. The van der Waals surface area contributed by atoms with E-state index < -0.39 is 46.2 Å². The lowest BCUT2D eigenvalue weighted by atomic mass is 9.94. The van der Waals surface area contributed by atoms with E-state index in [-0.39, 0.29) is 24.7 Å². The minimum Gasteiger partial charge on any atom is -0.352 e. The number of nitrogens with zero attached hydrogens (tertiary/aromatic N) is 2. The van der Waals surface area contributed by atoms with E-state index in [1.165, 1.54) is 11.0 Å². The molecular weight excluding hydrogens is 615 g/mol. The van der Waals surface area contributed by atoms with E-state index in [9.17, 15) is 31.2 Å². The summed E-state index contributed by atoms with van der Waals surface area (Å²) < 4.78 is 66.9. The van der Waals surface area contributed by atoms with E-state index in [0.717, 1.165) is 56.1 Å². The quantitative estimate of drug-likeness (QED) is 0.268. The Morgan fingerprint density at radius 3 is 2.25 bits per heavy atom. The lowest BCUT2D eigenvalue weighted by Crippen LogP contribution is -2.55. The van der Waals surface area contributed by atoms with Crippen LogP contribution >= 0.6 is 11.6 Å². The largest absolute Gasteiger partial charge is 0.416 e. The fraction of sp³-hybridized carbons (Fsp3) is 0.375. The highest BCUT2D eigenvalue weighted by Gasteiger charge is 2.35.